The second kappa shape index (κ2) is 5.50. The number of hydrogen-bond donors (Lipinski definition) is 2. The summed E-state index contributed by atoms with van der Waals surface area (Å²) in [5.74, 6) is -1.32. The third-order valence-corrected chi connectivity index (χ3v) is 3.21. The summed E-state index contributed by atoms with van der Waals surface area (Å²) in [6, 6.07) is 11.2. The Kier molecular flexibility index (Phi) is 3.77. The fraction of sp³-hybridized carbons (Fsp3) is 0.154. The minimum Gasteiger partial charge on any atom is -0.481 e. The molecule has 4 heteroatoms. The molecular formula is C13H13NO2S. The van der Waals surface area contributed by atoms with Crippen molar-refractivity contribution in [3.8, 4) is 0 Å². The number of carbonyl (C=O) groups is 1. The van der Waals surface area contributed by atoms with Gasteiger partial charge < -0.3 is 10.4 Å². The molecule has 1 aromatic carbocycles. The number of anilines is 1. The van der Waals surface area contributed by atoms with Crippen molar-refractivity contribution in [1.82, 2.24) is 0 Å². The van der Waals surface area contributed by atoms with Gasteiger partial charge in [0.05, 0.1) is 5.92 Å². The first-order chi connectivity index (χ1) is 8.27. The van der Waals surface area contributed by atoms with Crippen molar-refractivity contribution in [2.75, 3.05) is 11.9 Å². The van der Waals surface area contributed by atoms with Crippen molar-refractivity contribution >= 4 is 23.0 Å². The summed E-state index contributed by atoms with van der Waals surface area (Å²) in [6.45, 7) is 0.399. The van der Waals surface area contributed by atoms with Crippen LogP contribution in [0.15, 0.2) is 47.2 Å². The molecule has 0 saturated carbocycles. The van der Waals surface area contributed by atoms with Gasteiger partial charge in [0.25, 0.3) is 0 Å². The van der Waals surface area contributed by atoms with Crippen LogP contribution in [0, 0.1) is 0 Å². The van der Waals surface area contributed by atoms with E-state index in [-0.39, 0.29) is 0 Å². The lowest BCUT2D eigenvalue weighted by atomic mass is 9.99. The first kappa shape index (κ1) is 11.7. The predicted molar refractivity (Wildman–Crippen MR) is 69.6 cm³/mol. The van der Waals surface area contributed by atoms with Crippen molar-refractivity contribution in [3.05, 3.63) is 52.7 Å². The number of nitrogens with one attached hydrogen (secondary N) is 1. The Balaban J connectivity index is 2.06. The largest absolute Gasteiger partial charge is 0.481 e. The van der Waals surface area contributed by atoms with Crippen LogP contribution in [0.1, 0.15) is 11.5 Å². The second-order valence-electron chi connectivity index (χ2n) is 3.69. The number of aliphatic carboxylic acids is 1. The van der Waals surface area contributed by atoms with Gasteiger partial charge in [0, 0.05) is 17.6 Å². The van der Waals surface area contributed by atoms with E-state index in [4.69, 9.17) is 0 Å². The summed E-state index contributed by atoms with van der Waals surface area (Å²) in [5, 5.41) is 16.3. The van der Waals surface area contributed by atoms with Crippen molar-refractivity contribution < 1.29 is 9.90 Å². The number of rotatable bonds is 5. The van der Waals surface area contributed by atoms with E-state index in [9.17, 15) is 9.90 Å². The maximum Gasteiger partial charge on any atom is 0.312 e. The Labute approximate surface area is 104 Å². The Morgan fingerprint density at radius 1 is 1.29 bits per heavy atom. The average Bonchev–Trinajstić information content (AvgIpc) is 2.83. The summed E-state index contributed by atoms with van der Waals surface area (Å²) in [5.41, 5.74) is 1.79. The van der Waals surface area contributed by atoms with Crippen LogP contribution in [0.2, 0.25) is 0 Å². The van der Waals surface area contributed by atoms with E-state index in [0.29, 0.717) is 6.54 Å². The molecular weight excluding hydrogens is 234 g/mol. The van der Waals surface area contributed by atoms with E-state index in [1.807, 2.05) is 47.2 Å². The maximum atomic E-state index is 11.2. The quantitative estimate of drug-likeness (QED) is 0.853. The zero-order valence-corrected chi connectivity index (χ0v) is 9.98. The minimum atomic E-state index is -0.807. The van der Waals surface area contributed by atoms with Gasteiger partial charge in [-0.3, -0.25) is 4.79 Å². The average molecular weight is 247 g/mol. The predicted octanol–water partition coefficient (Wildman–Crippen LogP) is 3.03. The van der Waals surface area contributed by atoms with Gasteiger partial charge in [0.15, 0.2) is 0 Å². The highest BCUT2D eigenvalue weighted by atomic mass is 32.1. The Morgan fingerprint density at radius 3 is 2.65 bits per heavy atom. The van der Waals surface area contributed by atoms with E-state index in [2.05, 4.69) is 5.32 Å². The topological polar surface area (TPSA) is 49.3 Å². The molecule has 0 bridgehead atoms. The molecule has 1 atom stereocenters. The van der Waals surface area contributed by atoms with Gasteiger partial charge in [-0.25, -0.2) is 0 Å². The minimum absolute atomic E-state index is 0.399. The molecule has 2 N–H and O–H groups in total. The number of benzene rings is 1. The lowest BCUT2D eigenvalue weighted by Gasteiger charge is -2.13. The third-order valence-electron chi connectivity index (χ3n) is 2.53. The smallest absolute Gasteiger partial charge is 0.312 e. The number of carboxylic acid groups (broad SMARTS) is 1. The van der Waals surface area contributed by atoms with Gasteiger partial charge in [0.2, 0.25) is 0 Å². The van der Waals surface area contributed by atoms with Crippen LogP contribution >= 0.6 is 11.3 Å². The highest BCUT2D eigenvalue weighted by Crippen LogP contribution is 2.18. The normalized spacial score (nSPS) is 12.0. The van der Waals surface area contributed by atoms with Gasteiger partial charge in [-0.05, 0) is 17.0 Å². The number of carboxylic acids is 1. The highest BCUT2D eigenvalue weighted by Gasteiger charge is 2.19. The summed E-state index contributed by atoms with van der Waals surface area (Å²) in [6.07, 6.45) is 0. The molecule has 1 unspecified atom stereocenters. The molecule has 0 aliphatic carbocycles. The Morgan fingerprint density at radius 2 is 2.06 bits per heavy atom. The third kappa shape index (κ3) is 3.07. The van der Waals surface area contributed by atoms with Crippen LogP contribution < -0.4 is 5.32 Å². The molecule has 17 heavy (non-hydrogen) atoms. The van der Waals surface area contributed by atoms with Crippen LogP contribution in [0.4, 0.5) is 5.69 Å². The summed E-state index contributed by atoms with van der Waals surface area (Å²) >= 11 is 1.59. The highest BCUT2D eigenvalue weighted by molar-refractivity contribution is 7.08. The lowest BCUT2D eigenvalue weighted by Crippen LogP contribution is -2.20. The SMILES string of the molecule is O=C(O)C(CNc1ccsc1)c1ccccc1. The Hall–Kier alpha value is -1.81. The molecule has 88 valence electrons. The van der Waals surface area contributed by atoms with E-state index >= 15 is 0 Å². The fourth-order valence-electron chi connectivity index (χ4n) is 1.62. The molecule has 2 aromatic rings. The van der Waals surface area contributed by atoms with Crippen LogP contribution in [0.25, 0.3) is 0 Å². The molecule has 1 heterocycles. The molecule has 2 rings (SSSR count). The summed E-state index contributed by atoms with van der Waals surface area (Å²) in [7, 11) is 0. The molecule has 3 nitrogen and oxygen atoms in total. The zero-order chi connectivity index (χ0) is 12.1. The van der Waals surface area contributed by atoms with Gasteiger partial charge >= 0.3 is 5.97 Å². The van der Waals surface area contributed by atoms with Gasteiger partial charge in [-0.2, -0.15) is 11.3 Å². The monoisotopic (exact) mass is 247 g/mol. The molecule has 0 saturated heterocycles. The molecule has 0 amide bonds. The lowest BCUT2D eigenvalue weighted by molar-refractivity contribution is -0.138. The Bertz CT molecular complexity index is 467. The second-order valence-corrected chi connectivity index (χ2v) is 4.47. The van der Waals surface area contributed by atoms with E-state index in [1.165, 1.54) is 0 Å². The van der Waals surface area contributed by atoms with E-state index in [0.717, 1.165) is 11.3 Å². The maximum absolute atomic E-state index is 11.2. The van der Waals surface area contributed by atoms with Crippen molar-refractivity contribution in [3.63, 3.8) is 0 Å². The number of thiophene rings is 1. The van der Waals surface area contributed by atoms with Crippen LogP contribution in [0.5, 0.6) is 0 Å². The van der Waals surface area contributed by atoms with E-state index < -0.39 is 11.9 Å². The molecule has 0 fully saturated rings. The zero-order valence-electron chi connectivity index (χ0n) is 9.17. The van der Waals surface area contributed by atoms with Gasteiger partial charge in [0.1, 0.15) is 0 Å². The van der Waals surface area contributed by atoms with Crippen LogP contribution in [-0.4, -0.2) is 17.6 Å². The van der Waals surface area contributed by atoms with Gasteiger partial charge in [-0.1, -0.05) is 30.3 Å². The number of hydrogen-bond acceptors (Lipinski definition) is 3. The molecule has 0 radical (unpaired) electrons. The molecule has 0 spiro atoms. The molecule has 1 aromatic heterocycles. The van der Waals surface area contributed by atoms with Crippen molar-refractivity contribution in [2.45, 2.75) is 5.92 Å². The van der Waals surface area contributed by atoms with Crippen LogP contribution in [-0.2, 0) is 4.79 Å². The summed E-state index contributed by atoms with van der Waals surface area (Å²) < 4.78 is 0. The van der Waals surface area contributed by atoms with Crippen LogP contribution in [0.3, 0.4) is 0 Å². The first-order valence-electron chi connectivity index (χ1n) is 5.31. The first-order valence-corrected chi connectivity index (χ1v) is 6.25. The molecule has 0 aliphatic heterocycles. The summed E-state index contributed by atoms with van der Waals surface area (Å²) in [4.78, 5) is 11.2. The van der Waals surface area contributed by atoms with E-state index in [1.54, 1.807) is 11.3 Å². The fourth-order valence-corrected chi connectivity index (χ4v) is 2.23. The van der Waals surface area contributed by atoms with Gasteiger partial charge in [-0.15, -0.1) is 0 Å². The van der Waals surface area contributed by atoms with Crippen molar-refractivity contribution in [2.24, 2.45) is 0 Å². The molecule has 0 aliphatic rings. The standard InChI is InChI=1S/C13H13NO2S/c15-13(16)12(10-4-2-1-3-5-10)8-14-11-6-7-17-9-11/h1-7,9,12,14H,8H2,(H,15,16). The van der Waals surface area contributed by atoms with Crippen molar-refractivity contribution in [1.29, 1.82) is 0 Å².